The lowest BCUT2D eigenvalue weighted by Gasteiger charge is -2.47. The first kappa shape index (κ1) is 14.6. The molecule has 4 nitrogen and oxygen atoms in total. The average molecular weight is 266 g/mol. The van der Waals surface area contributed by atoms with Crippen LogP contribution in [0.2, 0.25) is 0 Å². The van der Waals surface area contributed by atoms with Crippen molar-refractivity contribution in [1.29, 1.82) is 0 Å². The largest absolute Gasteiger partial charge is 0.468 e. The Morgan fingerprint density at radius 1 is 1.21 bits per heavy atom. The molecule has 1 aromatic heterocycles. The quantitative estimate of drug-likeness (QED) is 0.908. The smallest absolute Gasteiger partial charge is 0.122 e. The number of morpholine rings is 1. The van der Waals surface area contributed by atoms with Crippen molar-refractivity contribution in [3.05, 3.63) is 23.7 Å². The summed E-state index contributed by atoms with van der Waals surface area (Å²) >= 11 is 0. The van der Waals surface area contributed by atoms with Gasteiger partial charge in [0.05, 0.1) is 24.0 Å². The Labute approximate surface area is 116 Å². The van der Waals surface area contributed by atoms with Gasteiger partial charge < -0.3 is 14.5 Å². The molecule has 0 saturated carbocycles. The zero-order valence-corrected chi connectivity index (χ0v) is 12.7. The van der Waals surface area contributed by atoms with Crippen molar-refractivity contribution in [3.8, 4) is 0 Å². The van der Waals surface area contributed by atoms with Gasteiger partial charge in [0.2, 0.25) is 0 Å². The number of rotatable bonds is 4. The van der Waals surface area contributed by atoms with Crippen LogP contribution < -0.4 is 5.32 Å². The van der Waals surface area contributed by atoms with Crippen LogP contribution in [0.5, 0.6) is 0 Å². The summed E-state index contributed by atoms with van der Waals surface area (Å²) in [6, 6.07) is 2.07. The first-order valence-corrected chi connectivity index (χ1v) is 6.94. The van der Waals surface area contributed by atoms with Crippen LogP contribution in [-0.2, 0) is 17.8 Å². The van der Waals surface area contributed by atoms with Crippen molar-refractivity contribution in [2.45, 2.75) is 52.0 Å². The van der Waals surface area contributed by atoms with Crippen LogP contribution >= 0.6 is 0 Å². The molecule has 4 heteroatoms. The van der Waals surface area contributed by atoms with Gasteiger partial charge >= 0.3 is 0 Å². The molecule has 0 aromatic carbocycles. The van der Waals surface area contributed by atoms with E-state index < -0.39 is 0 Å². The van der Waals surface area contributed by atoms with Gasteiger partial charge in [-0.1, -0.05) is 0 Å². The SMILES string of the molecule is CNCc1occc1CN1CC(C)(C)OC(C)(C)C1. The topological polar surface area (TPSA) is 37.6 Å². The molecule has 1 fully saturated rings. The molecule has 19 heavy (non-hydrogen) atoms. The second-order valence-electron chi connectivity index (χ2n) is 6.67. The van der Waals surface area contributed by atoms with Crippen LogP contribution in [0.3, 0.4) is 0 Å². The second kappa shape index (κ2) is 5.27. The molecule has 0 atom stereocenters. The van der Waals surface area contributed by atoms with E-state index in [2.05, 4.69) is 44.0 Å². The van der Waals surface area contributed by atoms with Crippen LogP contribution in [0.4, 0.5) is 0 Å². The van der Waals surface area contributed by atoms with E-state index in [9.17, 15) is 0 Å². The molecule has 0 spiro atoms. The van der Waals surface area contributed by atoms with Crippen LogP contribution in [0.25, 0.3) is 0 Å². The number of nitrogens with one attached hydrogen (secondary N) is 1. The highest BCUT2D eigenvalue weighted by molar-refractivity contribution is 5.17. The van der Waals surface area contributed by atoms with Gasteiger partial charge in [-0.05, 0) is 40.8 Å². The van der Waals surface area contributed by atoms with E-state index in [4.69, 9.17) is 9.15 Å². The Kier molecular flexibility index (Phi) is 4.04. The standard InChI is InChI=1S/C15H26N2O2/c1-14(2)10-17(11-15(3,4)19-14)9-12-6-7-18-13(12)8-16-5/h6-7,16H,8-11H2,1-5H3. The number of nitrogens with zero attached hydrogens (tertiary/aromatic N) is 1. The van der Waals surface area contributed by atoms with Gasteiger partial charge in [0.15, 0.2) is 0 Å². The molecule has 0 bridgehead atoms. The minimum atomic E-state index is -0.103. The van der Waals surface area contributed by atoms with Gasteiger partial charge in [0, 0.05) is 25.2 Å². The van der Waals surface area contributed by atoms with Crippen LogP contribution in [-0.4, -0.2) is 36.2 Å². The first-order chi connectivity index (χ1) is 8.81. The van der Waals surface area contributed by atoms with Crippen LogP contribution in [0.1, 0.15) is 39.0 Å². The molecule has 2 heterocycles. The van der Waals surface area contributed by atoms with Crippen LogP contribution in [0.15, 0.2) is 16.7 Å². The molecule has 1 N–H and O–H groups in total. The highest BCUT2D eigenvalue weighted by Crippen LogP contribution is 2.29. The van der Waals surface area contributed by atoms with E-state index in [0.29, 0.717) is 0 Å². The summed E-state index contributed by atoms with van der Waals surface area (Å²) in [6.07, 6.45) is 1.78. The Morgan fingerprint density at radius 2 is 1.84 bits per heavy atom. The highest BCUT2D eigenvalue weighted by atomic mass is 16.5. The maximum Gasteiger partial charge on any atom is 0.122 e. The zero-order chi connectivity index (χ0) is 14.1. The first-order valence-electron chi connectivity index (χ1n) is 6.94. The number of ether oxygens (including phenoxy) is 1. The van der Waals surface area contributed by atoms with Crippen molar-refractivity contribution in [2.24, 2.45) is 0 Å². The third-order valence-corrected chi connectivity index (χ3v) is 3.33. The summed E-state index contributed by atoms with van der Waals surface area (Å²) in [7, 11) is 1.94. The predicted molar refractivity (Wildman–Crippen MR) is 76.0 cm³/mol. The summed E-state index contributed by atoms with van der Waals surface area (Å²) in [5, 5.41) is 3.14. The Hall–Kier alpha value is -0.840. The maximum atomic E-state index is 6.11. The Bertz CT molecular complexity index is 408. The van der Waals surface area contributed by atoms with Gasteiger partial charge in [0.1, 0.15) is 5.76 Å². The highest BCUT2D eigenvalue weighted by Gasteiger charge is 2.38. The minimum Gasteiger partial charge on any atom is -0.468 e. The minimum absolute atomic E-state index is 0.103. The maximum absolute atomic E-state index is 6.11. The molecule has 0 radical (unpaired) electrons. The summed E-state index contributed by atoms with van der Waals surface area (Å²) in [5.74, 6) is 1.03. The molecular weight excluding hydrogens is 240 g/mol. The number of hydrogen-bond acceptors (Lipinski definition) is 4. The van der Waals surface area contributed by atoms with Crippen molar-refractivity contribution in [3.63, 3.8) is 0 Å². The van der Waals surface area contributed by atoms with E-state index in [1.807, 2.05) is 7.05 Å². The molecule has 0 amide bonds. The lowest BCUT2D eigenvalue weighted by molar-refractivity contribution is -0.182. The lowest BCUT2D eigenvalue weighted by Crippen LogP contribution is -2.56. The Morgan fingerprint density at radius 3 is 2.42 bits per heavy atom. The van der Waals surface area contributed by atoms with Gasteiger partial charge in [-0.2, -0.15) is 0 Å². The summed E-state index contributed by atoms with van der Waals surface area (Å²) in [6.45, 7) is 12.2. The van der Waals surface area contributed by atoms with Gasteiger partial charge in [-0.3, -0.25) is 4.90 Å². The normalized spacial score (nSPS) is 22.6. The molecule has 2 rings (SSSR count). The molecular formula is C15H26N2O2. The molecule has 1 aliphatic rings. The summed E-state index contributed by atoms with van der Waals surface area (Å²) < 4.78 is 11.6. The molecule has 108 valence electrons. The van der Waals surface area contributed by atoms with Crippen molar-refractivity contribution >= 4 is 0 Å². The molecule has 1 aromatic rings. The molecule has 0 aliphatic carbocycles. The van der Waals surface area contributed by atoms with E-state index in [1.165, 1.54) is 5.56 Å². The van der Waals surface area contributed by atoms with Crippen molar-refractivity contribution in [1.82, 2.24) is 10.2 Å². The number of hydrogen-bond donors (Lipinski definition) is 1. The zero-order valence-electron chi connectivity index (χ0n) is 12.7. The van der Waals surface area contributed by atoms with E-state index in [1.54, 1.807) is 6.26 Å². The molecule has 0 unspecified atom stereocenters. The van der Waals surface area contributed by atoms with Gasteiger partial charge in [-0.15, -0.1) is 0 Å². The molecule has 1 saturated heterocycles. The fourth-order valence-corrected chi connectivity index (χ4v) is 3.12. The fraction of sp³-hybridized carbons (Fsp3) is 0.733. The third kappa shape index (κ3) is 3.81. The Balaban J connectivity index is 2.07. The van der Waals surface area contributed by atoms with Crippen molar-refractivity contribution < 1.29 is 9.15 Å². The van der Waals surface area contributed by atoms with Crippen molar-refractivity contribution in [2.75, 3.05) is 20.1 Å². The van der Waals surface area contributed by atoms with E-state index >= 15 is 0 Å². The number of furan rings is 1. The second-order valence-corrected chi connectivity index (χ2v) is 6.67. The van der Waals surface area contributed by atoms with E-state index in [-0.39, 0.29) is 11.2 Å². The average Bonchev–Trinajstić information content (AvgIpc) is 2.61. The predicted octanol–water partition coefficient (Wildman–Crippen LogP) is 2.39. The fourth-order valence-electron chi connectivity index (χ4n) is 3.12. The summed E-state index contributed by atoms with van der Waals surface area (Å²) in [5.41, 5.74) is 1.06. The summed E-state index contributed by atoms with van der Waals surface area (Å²) in [4.78, 5) is 2.45. The van der Waals surface area contributed by atoms with Crippen LogP contribution in [0, 0.1) is 0 Å². The van der Waals surface area contributed by atoms with Gasteiger partial charge in [0.25, 0.3) is 0 Å². The molecule has 1 aliphatic heterocycles. The third-order valence-electron chi connectivity index (χ3n) is 3.33. The monoisotopic (exact) mass is 266 g/mol. The lowest BCUT2D eigenvalue weighted by atomic mass is 9.98. The van der Waals surface area contributed by atoms with Gasteiger partial charge in [-0.25, -0.2) is 0 Å². The van der Waals surface area contributed by atoms with E-state index in [0.717, 1.165) is 31.9 Å².